The number of aromatic hydroxyl groups is 2. The Bertz CT molecular complexity index is 4190. The molecule has 1 heterocycles. The van der Waals surface area contributed by atoms with Crippen LogP contribution in [0.1, 0.15) is 137 Å². The first-order valence-electron chi connectivity index (χ1n) is 42.8. The molecule has 1 aliphatic rings. The number of carboxylic acids is 2. The molecule has 0 spiro atoms. The lowest BCUT2D eigenvalue weighted by atomic mass is 9.95. The van der Waals surface area contributed by atoms with Crippen molar-refractivity contribution in [3.63, 3.8) is 0 Å². The lowest BCUT2D eigenvalue weighted by Gasteiger charge is -2.34. The largest absolute Gasteiger partial charge is 0.508 e. The zero-order valence-corrected chi connectivity index (χ0v) is 76.2. The average Bonchev–Trinajstić information content (AvgIpc) is 1.72. The van der Waals surface area contributed by atoms with Gasteiger partial charge in [0.2, 0.25) is 88.6 Å². The molecule has 37 N–H and O–H groups in total. The van der Waals surface area contributed by atoms with Crippen molar-refractivity contribution in [1.82, 2.24) is 79.3 Å². The Balaban J connectivity index is 1.90. The third-order valence-corrected chi connectivity index (χ3v) is 21.8. The Morgan fingerprint density at radius 3 is 1.26 bits per heavy atom. The van der Waals surface area contributed by atoms with Crippen molar-refractivity contribution in [2.24, 2.45) is 62.7 Å². The van der Waals surface area contributed by atoms with E-state index in [0.717, 1.165) is 11.8 Å². The fraction of sp³-hybridized carbons (Fsp3) is 0.630. The van der Waals surface area contributed by atoms with Crippen molar-refractivity contribution in [2.75, 3.05) is 58.2 Å². The standard InChI is InChI=1S/C81H134N24O24S2/c1-8-40(4)61(102-74(123)58-34-46(110)36-105(58)78(127)60(87)39(2)3)75(124)104-63(81(6,7)131)77(126)98-53(32-42-14-18-44(108)19-15-42)70(119)100-56(37-106)72(121)97-54(35-59(111)112)71(120)92-48(13-11-31-90-80(88)89)65(114)95-52(25-30-86)69(118)103-62(41(5)107)76(125)96-51(24-29-85)67(116)91-47(12-9-10-26-82)64(113)93-49(22-27-83)66(115)94-50(23-28-84)68(117)101-57(38-130)73(122)99-55(79(128)129)33-43-16-20-45(109)21-17-43/h14-21,39-41,46-58,60-63,106-110,130-131H,8-13,22-38,82-87H2,1-7H3,(H,91,116)(H,92,120)(H,93,113)(H,94,115)(H,95,114)(H,96,125)(H,97,121)(H,98,126)(H,99,122)(H,100,119)(H,101,117)(H,102,123)(H,103,118)(H,104,124)(H,111,112)(H,128,129)(H4,88,89,90)/t40-,41+,46+,47-,48-,49-,50-,51+,52-,53-,54-,55-,56-,57-,58-,60-,61-,62-,63+/m0/s1. The van der Waals surface area contributed by atoms with Crippen LogP contribution in [0.15, 0.2) is 53.5 Å². The van der Waals surface area contributed by atoms with E-state index in [1.807, 2.05) is 0 Å². The number of likely N-dealkylation sites (tertiary alicyclic amines) is 1. The maximum absolute atomic E-state index is 14.7. The van der Waals surface area contributed by atoms with Crippen LogP contribution in [0.25, 0.3) is 0 Å². The van der Waals surface area contributed by atoms with E-state index >= 15 is 0 Å². The number of amides is 15. The third kappa shape index (κ3) is 38.5. The summed E-state index contributed by atoms with van der Waals surface area (Å²) in [6.07, 6.45) is -6.19. The Hall–Kier alpha value is -11.4. The number of unbranched alkanes of at least 4 members (excludes halogenated alkanes) is 1. The molecule has 1 aliphatic heterocycles. The minimum atomic E-state index is -2.17. The van der Waals surface area contributed by atoms with E-state index in [9.17, 15) is 117 Å². The van der Waals surface area contributed by atoms with Gasteiger partial charge in [-0.25, -0.2) is 4.79 Å². The highest BCUT2D eigenvalue weighted by Crippen LogP contribution is 2.25. The Kier molecular flexibility index (Phi) is 49.6. The minimum Gasteiger partial charge on any atom is -0.508 e. The summed E-state index contributed by atoms with van der Waals surface area (Å²) in [5.41, 5.74) is 47.2. The normalized spacial score (nSPS) is 17.0. The molecule has 48 nitrogen and oxygen atoms in total. The highest BCUT2D eigenvalue weighted by Gasteiger charge is 2.46. The van der Waals surface area contributed by atoms with Gasteiger partial charge in [-0.3, -0.25) is 81.7 Å². The molecule has 1 fully saturated rings. The SMILES string of the molecule is CC[C@H](C)[C@H](NC(=O)[C@@H]1C[C@@H](O)CN1C(=O)[C@@H](N)C(C)C)C(=O)N[C@H](C(=O)N[C@@H](Cc1ccc(O)cc1)C(=O)N[C@@H](CO)C(=O)N[C@@H](CC(=O)O)C(=O)N[C@@H](CCCN=C(N)N)C(=O)N[C@@H](CCN)C(=O)N[C@H](C(=O)N[C@H](CCN)C(=O)N[C@@H](CCCCN)C(=O)N[C@@H](CCN)C(=O)N[C@@H](CCN)C(=O)N[C@@H](CS)C(=O)N[C@@H](Cc1ccc(O)cc1)C(=O)O)[C@@H](C)O)C(C)(C)S. The van der Waals surface area contributed by atoms with E-state index in [4.69, 9.17) is 45.9 Å². The second-order valence-electron chi connectivity index (χ2n) is 32.6. The van der Waals surface area contributed by atoms with Gasteiger partial charge in [-0.1, -0.05) is 58.4 Å². The number of aliphatic hydroxyl groups excluding tert-OH is 3. The number of carbonyl (C=O) groups is 17. The molecule has 0 aromatic heterocycles. The van der Waals surface area contributed by atoms with Crippen LogP contribution in [0.5, 0.6) is 11.5 Å². The van der Waals surface area contributed by atoms with Gasteiger partial charge in [0.15, 0.2) is 5.96 Å². The summed E-state index contributed by atoms with van der Waals surface area (Å²) >= 11 is 8.77. The third-order valence-electron chi connectivity index (χ3n) is 21.1. The maximum Gasteiger partial charge on any atom is 0.326 e. The van der Waals surface area contributed by atoms with Gasteiger partial charge >= 0.3 is 11.9 Å². The molecular weight excluding hydrogens is 1760 g/mol. The number of nitrogens with zero attached hydrogens (tertiary/aromatic N) is 2. The molecule has 2 aromatic carbocycles. The van der Waals surface area contributed by atoms with Crippen LogP contribution in [0, 0.1) is 11.8 Å². The molecule has 19 atom stereocenters. The lowest BCUT2D eigenvalue weighted by molar-refractivity contribution is -0.142. The summed E-state index contributed by atoms with van der Waals surface area (Å²) < 4.78 is -1.49. The first-order valence-corrected chi connectivity index (χ1v) is 43.9. The Morgan fingerprint density at radius 2 is 0.855 bits per heavy atom. The quantitative estimate of drug-likeness (QED) is 0.0127. The number of aliphatic carboxylic acids is 2. The molecule has 15 amide bonds. The summed E-state index contributed by atoms with van der Waals surface area (Å²) in [6.45, 7) is 7.99. The van der Waals surface area contributed by atoms with E-state index in [2.05, 4.69) is 105 Å². The molecule has 50 heteroatoms. The monoisotopic (exact) mass is 1890 g/mol. The van der Waals surface area contributed by atoms with Crippen LogP contribution < -0.4 is 120 Å². The smallest absolute Gasteiger partial charge is 0.326 e. The number of hydrogen-bond donors (Lipinski definition) is 31. The Labute approximate surface area is 768 Å². The van der Waals surface area contributed by atoms with Gasteiger partial charge in [0.05, 0.1) is 31.3 Å². The number of guanidine groups is 1. The van der Waals surface area contributed by atoms with Gasteiger partial charge in [-0.05, 0) is 159 Å². The topological polar surface area (TPSA) is 824 Å². The van der Waals surface area contributed by atoms with Gasteiger partial charge in [0, 0.05) is 42.9 Å². The number of carboxylic acid groups (broad SMARTS) is 2. The van der Waals surface area contributed by atoms with Crippen LogP contribution >= 0.6 is 25.3 Å². The highest BCUT2D eigenvalue weighted by molar-refractivity contribution is 7.81. The second-order valence-corrected chi connectivity index (χ2v) is 34.1. The average molecular weight is 1890 g/mol. The molecule has 131 heavy (non-hydrogen) atoms. The van der Waals surface area contributed by atoms with E-state index in [0.29, 0.717) is 12.0 Å². The van der Waals surface area contributed by atoms with E-state index < -0.39 is 258 Å². The zero-order valence-electron chi connectivity index (χ0n) is 74.4. The molecule has 0 radical (unpaired) electrons. The molecule has 0 aliphatic carbocycles. The number of phenolic OH excluding ortho intramolecular Hbond substituents is 2. The molecule has 0 unspecified atom stereocenters. The molecule has 2 aromatic rings. The summed E-state index contributed by atoms with van der Waals surface area (Å²) in [4.78, 5) is 242. The van der Waals surface area contributed by atoms with E-state index in [1.165, 1.54) is 62.4 Å². The predicted molar refractivity (Wildman–Crippen MR) is 482 cm³/mol. The van der Waals surface area contributed by atoms with Gasteiger partial charge in [-0.2, -0.15) is 25.3 Å². The van der Waals surface area contributed by atoms with Gasteiger partial charge in [0.25, 0.3) is 0 Å². The molecule has 0 bridgehead atoms. The van der Waals surface area contributed by atoms with Crippen molar-refractivity contribution in [3.8, 4) is 11.5 Å². The van der Waals surface area contributed by atoms with Crippen molar-refractivity contribution in [3.05, 3.63) is 59.7 Å². The van der Waals surface area contributed by atoms with E-state index in [1.54, 1.807) is 27.7 Å². The molecule has 0 saturated carbocycles. The van der Waals surface area contributed by atoms with Crippen LogP contribution in [-0.2, 0) is 94.3 Å². The van der Waals surface area contributed by atoms with Crippen molar-refractivity contribution in [2.45, 2.75) is 252 Å². The summed E-state index contributed by atoms with van der Waals surface area (Å²) in [7, 11) is 0. The number of aliphatic imine (C=N–C) groups is 1. The number of nitrogens with two attached hydrogens (primary N) is 8. The summed E-state index contributed by atoms with van der Waals surface area (Å²) in [5, 5.41) is 106. The van der Waals surface area contributed by atoms with Crippen LogP contribution in [-0.4, -0.2) is 319 Å². The van der Waals surface area contributed by atoms with Crippen LogP contribution in [0.3, 0.4) is 0 Å². The molecule has 734 valence electrons. The van der Waals surface area contributed by atoms with Gasteiger partial charge < -0.3 is 161 Å². The minimum absolute atomic E-state index is 0.0849. The number of rotatable bonds is 59. The molecular formula is C81H134N24O24S2. The van der Waals surface area contributed by atoms with Crippen molar-refractivity contribution < 1.29 is 117 Å². The Morgan fingerprint density at radius 1 is 0.481 bits per heavy atom. The first kappa shape index (κ1) is 114. The lowest BCUT2D eigenvalue weighted by Crippen LogP contribution is -2.64. The number of phenols is 2. The molecule has 3 rings (SSSR count). The summed E-state index contributed by atoms with van der Waals surface area (Å²) in [6, 6.07) is -15.2. The maximum atomic E-state index is 14.7. The highest BCUT2D eigenvalue weighted by atomic mass is 32.1. The second kappa shape index (κ2) is 57.1. The van der Waals surface area contributed by atoms with Crippen LogP contribution in [0.4, 0.5) is 0 Å². The number of hydrogen-bond acceptors (Lipinski definition) is 31. The number of β-amino-alcohol motifs (C(OH)–C–C–N with tert-alkyl or cyclic N) is 1. The van der Waals surface area contributed by atoms with E-state index in [-0.39, 0.29) is 132 Å². The fourth-order valence-electron chi connectivity index (χ4n) is 13.3. The fourth-order valence-corrected chi connectivity index (χ4v) is 13.8. The van der Waals surface area contributed by atoms with Gasteiger partial charge in [0.1, 0.15) is 102 Å². The van der Waals surface area contributed by atoms with Crippen LogP contribution in [0.2, 0.25) is 0 Å². The van der Waals surface area contributed by atoms with Crippen molar-refractivity contribution >= 4 is 132 Å². The number of thiol groups is 2. The molecule has 1 saturated heterocycles. The number of benzene rings is 2. The number of nitrogens with one attached hydrogen (secondary N) is 14. The van der Waals surface area contributed by atoms with Crippen molar-refractivity contribution in [1.29, 1.82) is 0 Å². The summed E-state index contributed by atoms with van der Waals surface area (Å²) in [5.74, 6) is -21.2. The van der Waals surface area contributed by atoms with Gasteiger partial charge in [-0.15, -0.1) is 0 Å². The zero-order chi connectivity index (χ0) is 98.9. The number of carbonyl (C=O) groups excluding carboxylic acids is 15. The first-order chi connectivity index (χ1) is 61.6. The number of aliphatic hydroxyl groups is 3. The predicted octanol–water partition coefficient (Wildman–Crippen LogP) is -10.2.